The highest BCUT2D eigenvalue weighted by Gasteiger charge is 2.04. The molecule has 0 heterocycles. The van der Waals surface area contributed by atoms with Gasteiger partial charge in [0.05, 0.1) is 6.61 Å². The summed E-state index contributed by atoms with van der Waals surface area (Å²) in [6.45, 7) is 5.25. The van der Waals surface area contributed by atoms with Gasteiger partial charge in [-0.05, 0) is 31.4 Å². The molecule has 0 spiro atoms. The van der Waals surface area contributed by atoms with Crippen LogP contribution in [0.5, 0.6) is 5.75 Å². The van der Waals surface area contributed by atoms with Crippen molar-refractivity contribution in [3.05, 3.63) is 29.3 Å². The molecule has 4 heteroatoms. The van der Waals surface area contributed by atoms with Crippen LogP contribution in [0.1, 0.15) is 24.0 Å². The fourth-order valence-electron chi connectivity index (χ4n) is 1.72. The lowest BCUT2D eigenvalue weighted by molar-refractivity contribution is -0.121. The number of thiol groups is 1. The van der Waals surface area contributed by atoms with E-state index >= 15 is 0 Å². The van der Waals surface area contributed by atoms with Crippen LogP contribution in [-0.4, -0.2) is 24.8 Å². The Kier molecular flexibility index (Phi) is 6.65. The average molecular weight is 267 g/mol. The predicted octanol–water partition coefficient (Wildman–Crippen LogP) is 2.51. The number of rotatable bonds is 7. The van der Waals surface area contributed by atoms with E-state index in [0.717, 1.165) is 23.3 Å². The van der Waals surface area contributed by atoms with Gasteiger partial charge >= 0.3 is 0 Å². The Morgan fingerprint density at radius 3 is 2.61 bits per heavy atom. The van der Waals surface area contributed by atoms with Gasteiger partial charge in [-0.1, -0.05) is 18.2 Å². The maximum Gasteiger partial charge on any atom is 0.220 e. The molecule has 0 aliphatic rings. The van der Waals surface area contributed by atoms with Gasteiger partial charge in [0.25, 0.3) is 0 Å². The first-order valence-electron chi connectivity index (χ1n) is 6.21. The molecule has 1 aromatic carbocycles. The maximum atomic E-state index is 11.3. The summed E-state index contributed by atoms with van der Waals surface area (Å²) in [5.41, 5.74) is 2.27. The van der Waals surface area contributed by atoms with E-state index in [2.05, 4.69) is 17.9 Å². The summed E-state index contributed by atoms with van der Waals surface area (Å²) >= 11 is 4.04. The van der Waals surface area contributed by atoms with Crippen molar-refractivity contribution < 1.29 is 9.53 Å². The van der Waals surface area contributed by atoms with Crippen molar-refractivity contribution >= 4 is 18.5 Å². The van der Waals surface area contributed by atoms with Crippen LogP contribution in [0.25, 0.3) is 0 Å². The van der Waals surface area contributed by atoms with E-state index < -0.39 is 0 Å². The second-order valence-electron chi connectivity index (χ2n) is 4.25. The maximum absolute atomic E-state index is 11.3. The molecule has 1 aromatic rings. The Morgan fingerprint density at radius 1 is 1.33 bits per heavy atom. The SMILES string of the molecule is Cc1cccc(C)c1OCCCC(=O)NCCS. The molecule has 0 bridgehead atoms. The van der Waals surface area contributed by atoms with Crippen LogP contribution in [0, 0.1) is 13.8 Å². The molecular formula is C14H21NO2S. The van der Waals surface area contributed by atoms with Gasteiger partial charge in [0.2, 0.25) is 5.91 Å². The van der Waals surface area contributed by atoms with Crippen molar-refractivity contribution in [2.24, 2.45) is 0 Å². The molecule has 3 nitrogen and oxygen atoms in total. The predicted molar refractivity (Wildman–Crippen MR) is 77.5 cm³/mol. The minimum Gasteiger partial charge on any atom is -0.493 e. The van der Waals surface area contributed by atoms with Crippen LogP contribution in [-0.2, 0) is 4.79 Å². The molecule has 0 atom stereocenters. The molecule has 1 N–H and O–H groups in total. The van der Waals surface area contributed by atoms with Crippen LogP contribution < -0.4 is 10.1 Å². The van der Waals surface area contributed by atoms with Gasteiger partial charge in [0.1, 0.15) is 5.75 Å². The van der Waals surface area contributed by atoms with Gasteiger partial charge in [-0.25, -0.2) is 0 Å². The molecule has 0 aliphatic carbocycles. The van der Waals surface area contributed by atoms with Gasteiger partial charge in [-0.15, -0.1) is 0 Å². The van der Waals surface area contributed by atoms with E-state index in [4.69, 9.17) is 4.74 Å². The molecule has 0 radical (unpaired) electrons. The zero-order valence-electron chi connectivity index (χ0n) is 11.0. The van der Waals surface area contributed by atoms with E-state index in [1.165, 1.54) is 0 Å². The van der Waals surface area contributed by atoms with Crippen molar-refractivity contribution in [2.45, 2.75) is 26.7 Å². The minimum atomic E-state index is 0.0640. The molecule has 0 saturated heterocycles. The lowest BCUT2D eigenvalue weighted by atomic mass is 10.1. The van der Waals surface area contributed by atoms with E-state index in [-0.39, 0.29) is 5.91 Å². The Balaban J connectivity index is 2.28. The monoisotopic (exact) mass is 267 g/mol. The van der Waals surface area contributed by atoms with Gasteiger partial charge in [0, 0.05) is 18.7 Å². The molecule has 18 heavy (non-hydrogen) atoms. The summed E-state index contributed by atoms with van der Waals surface area (Å²) in [6, 6.07) is 6.08. The van der Waals surface area contributed by atoms with E-state index in [0.29, 0.717) is 25.3 Å². The number of aryl methyl sites for hydroxylation is 2. The van der Waals surface area contributed by atoms with Crippen LogP contribution in [0.15, 0.2) is 18.2 Å². The zero-order valence-corrected chi connectivity index (χ0v) is 11.9. The average Bonchev–Trinajstić information content (AvgIpc) is 2.35. The second kappa shape index (κ2) is 8.03. The van der Waals surface area contributed by atoms with Crippen molar-refractivity contribution in [3.63, 3.8) is 0 Å². The number of carbonyl (C=O) groups is 1. The molecule has 0 aromatic heterocycles. The van der Waals surface area contributed by atoms with Gasteiger partial charge < -0.3 is 10.1 Å². The highest BCUT2D eigenvalue weighted by Crippen LogP contribution is 2.22. The van der Waals surface area contributed by atoms with Gasteiger partial charge in [-0.2, -0.15) is 12.6 Å². The number of hydrogen-bond acceptors (Lipinski definition) is 3. The van der Waals surface area contributed by atoms with E-state index in [1.54, 1.807) is 0 Å². The molecule has 0 saturated carbocycles. The lowest BCUT2D eigenvalue weighted by Crippen LogP contribution is -2.25. The molecule has 0 fully saturated rings. The normalized spacial score (nSPS) is 10.2. The lowest BCUT2D eigenvalue weighted by Gasteiger charge is -2.11. The molecule has 1 rings (SSSR count). The first-order chi connectivity index (χ1) is 8.65. The standard InChI is InChI=1S/C14H21NO2S/c1-11-5-3-6-12(2)14(11)17-9-4-7-13(16)15-8-10-18/h3,5-6,18H,4,7-10H2,1-2H3,(H,15,16). The molecular weight excluding hydrogens is 246 g/mol. The Morgan fingerprint density at radius 2 is 2.00 bits per heavy atom. The highest BCUT2D eigenvalue weighted by molar-refractivity contribution is 7.80. The highest BCUT2D eigenvalue weighted by atomic mass is 32.1. The minimum absolute atomic E-state index is 0.0640. The summed E-state index contributed by atoms with van der Waals surface area (Å²) in [7, 11) is 0. The number of ether oxygens (including phenoxy) is 1. The molecule has 0 unspecified atom stereocenters. The fraction of sp³-hybridized carbons (Fsp3) is 0.500. The van der Waals surface area contributed by atoms with Crippen LogP contribution in [0.4, 0.5) is 0 Å². The number of benzene rings is 1. The van der Waals surface area contributed by atoms with Crippen molar-refractivity contribution in [3.8, 4) is 5.75 Å². The smallest absolute Gasteiger partial charge is 0.220 e. The topological polar surface area (TPSA) is 38.3 Å². The first kappa shape index (κ1) is 14.9. The first-order valence-corrected chi connectivity index (χ1v) is 6.85. The summed E-state index contributed by atoms with van der Waals surface area (Å²) in [5.74, 6) is 1.67. The molecule has 100 valence electrons. The fourth-order valence-corrected chi connectivity index (χ4v) is 1.83. The van der Waals surface area contributed by atoms with Crippen molar-refractivity contribution in [2.75, 3.05) is 18.9 Å². The van der Waals surface area contributed by atoms with E-state index in [9.17, 15) is 4.79 Å². The number of nitrogens with one attached hydrogen (secondary N) is 1. The third-order valence-corrected chi connectivity index (χ3v) is 2.86. The Bertz CT molecular complexity index is 373. The van der Waals surface area contributed by atoms with Crippen LogP contribution in [0.2, 0.25) is 0 Å². The van der Waals surface area contributed by atoms with Crippen molar-refractivity contribution in [1.82, 2.24) is 5.32 Å². The third kappa shape index (κ3) is 5.00. The van der Waals surface area contributed by atoms with Gasteiger partial charge in [-0.3, -0.25) is 4.79 Å². The van der Waals surface area contributed by atoms with Crippen LogP contribution >= 0.6 is 12.6 Å². The van der Waals surface area contributed by atoms with Crippen LogP contribution in [0.3, 0.4) is 0 Å². The summed E-state index contributed by atoms with van der Waals surface area (Å²) in [4.78, 5) is 11.3. The summed E-state index contributed by atoms with van der Waals surface area (Å²) in [6.07, 6.45) is 1.23. The van der Waals surface area contributed by atoms with Crippen molar-refractivity contribution in [1.29, 1.82) is 0 Å². The third-order valence-electron chi connectivity index (χ3n) is 2.64. The Labute approximate surface area is 114 Å². The van der Waals surface area contributed by atoms with E-state index in [1.807, 2.05) is 32.0 Å². The second-order valence-corrected chi connectivity index (χ2v) is 4.69. The zero-order chi connectivity index (χ0) is 13.4. The molecule has 1 amide bonds. The van der Waals surface area contributed by atoms with Gasteiger partial charge in [0.15, 0.2) is 0 Å². The number of amides is 1. The summed E-state index contributed by atoms with van der Waals surface area (Å²) in [5, 5.41) is 2.78. The Hall–Kier alpha value is -1.16. The number of para-hydroxylation sites is 1. The quantitative estimate of drug-likeness (QED) is 0.588. The number of carbonyl (C=O) groups excluding carboxylic acids is 1. The largest absolute Gasteiger partial charge is 0.493 e. The number of hydrogen-bond donors (Lipinski definition) is 2. The molecule has 0 aliphatic heterocycles. The summed E-state index contributed by atoms with van der Waals surface area (Å²) < 4.78 is 5.73.